The second-order valence-electron chi connectivity index (χ2n) is 4.93. The number of fused-ring (bicyclic) bond motifs is 1. The van der Waals surface area contributed by atoms with Crippen molar-refractivity contribution in [2.24, 2.45) is 0 Å². The molecule has 0 spiro atoms. The predicted molar refractivity (Wildman–Crippen MR) is 79.0 cm³/mol. The Kier molecular flexibility index (Phi) is 3.66. The van der Waals surface area contributed by atoms with Gasteiger partial charge in [-0.2, -0.15) is 0 Å². The van der Waals surface area contributed by atoms with E-state index in [4.69, 9.17) is 4.74 Å². The molecule has 5 heteroatoms. The molecule has 1 aliphatic rings. The summed E-state index contributed by atoms with van der Waals surface area (Å²) < 4.78 is 5.65. The molecule has 0 unspecified atom stereocenters. The van der Waals surface area contributed by atoms with Crippen LogP contribution in [-0.4, -0.2) is 29.2 Å². The van der Waals surface area contributed by atoms with Crippen molar-refractivity contribution in [1.29, 1.82) is 0 Å². The van der Waals surface area contributed by atoms with Gasteiger partial charge in [-0.05, 0) is 25.8 Å². The van der Waals surface area contributed by atoms with Gasteiger partial charge in [0.25, 0.3) is 0 Å². The molecule has 0 saturated carbocycles. The first-order valence-electron chi connectivity index (χ1n) is 6.89. The number of aryl methyl sites for hydroxylation is 2. The molecule has 0 radical (unpaired) electrons. The molecule has 0 bridgehead atoms. The summed E-state index contributed by atoms with van der Waals surface area (Å²) >= 11 is 1.73. The molecule has 1 aliphatic heterocycles. The van der Waals surface area contributed by atoms with E-state index in [1.165, 1.54) is 11.3 Å². The molecule has 0 aliphatic carbocycles. The molecule has 3 heterocycles. The van der Waals surface area contributed by atoms with E-state index in [0.717, 1.165) is 47.9 Å². The molecule has 2 aromatic rings. The summed E-state index contributed by atoms with van der Waals surface area (Å²) in [4.78, 5) is 11.6. The summed E-state index contributed by atoms with van der Waals surface area (Å²) in [6.45, 7) is 5.93. The highest BCUT2D eigenvalue weighted by atomic mass is 32.1. The van der Waals surface area contributed by atoms with Crippen molar-refractivity contribution in [3.63, 3.8) is 0 Å². The molecule has 0 amide bonds. The molecule has 2 aromatic heterocycles. The van der Waals surface area contributed by atoms with Gasteiger partial charge in [-0.1, -0.05) is 6.92 Å². The third-order valence-corrected chi connectivity index (χ3v) is 4.34. The fourth-order valence-corrected chi connectivity index (χ4v) is 3.29. The van der Waals surface area contributed by atoms with Gasteiger partial charge in [0, 0.05) is 24.4 Å². The highest BCUT2D eigenvalue weighted by Crippen LogP contribution is 2.28. The number of nitrogens with zero attached hydrogens (tertiary/aromatic N) is 2. The Hall–Kier alpha value is -1.20. The highest BCUT2D eigenvalue weighted by molar-refractivity contribution is 7.18. The molecule has 0 aromatic carbocycles. The monoisotopic (exact) mass is 277 g/mol. The van der Waals surface area contributed by atoms with E-state index >= 15 is 0 Å². The molecule has 3 rings (SSSR count). The lowest BCUT2D eigenvalue weighted by molar-refractivity contribution is 0.120. The fourth-order valence-electron chi connectivity index (χ4n) is 2.39. The van der Waals surface area contributed by atoms with Crippen LogP contribution in [0.25, 0.3) is 10.2 Å². The average Bonchev–Trinajstić information content (AvgIpc) is 3.03. The Labute approximate surface area is 117 Å². The number of ether oxygens (including phenoxy) is 1. The fraction of sp³-hybridized carbons (Fsp3) is 0.571. The summed E-state index contributed by atoms with van der Waals surface area (Å²) in [5.41, 5.74) is 0. The van der Waals surface area contributed by atoms with E-state index in [2.05, 4.69) is 35.2 Å². The van der Waals surface area contributed by atoms with Gasteiger partial charge in [-0.15, -0.1) is 11.3 Å². The number of thiophene rings is 1. The van der Waals surface area contributed by atoms with E-state index in [9.17, 15) is 0 Å². The first-order valence-corrected chi connectivity index (χ1v) is 7.70. The van der Waals surface area contributed by atoms with Crippen LogP contribution >= 0.6 is 11.3 Å². The minimum atomic E-state index is 0.329. The summed E-state index contributed by atoms with van der Waals surface area (Å²) in [5, 5.41) is 4.58. The van der Waals surface area contributed by atoms with Crippen LogP contribution in [0.5, 0.6) is 0 Å². The lowest BCUT2D eigenvalue weighted by Gasteiger charge is -2.12. The van der Waals surface area contributed by atoms with Crippen LogP contribution in [0.4, 0.5) is 5.82 Å². The van der Waals surface area contributed by atoms with Gasteiger partial charge in [0.15, 0.2) is 0 Å². The van der Waals surface area contributed by atoms with Gasteiger partial charge in [0.2, 0.25) is 0 Å². The van der Waals surface area contributed by atoms with E-state index < -0.39 is 0 Å². The van der Waals surface area contributed by atoms with Gasteiger partial charge < -0.3 is 10.1 Å². The maximum absolute atomic E-state index is 5.65. The Morgan fingerprint density at radius 3 is 3.11 bits per heavy atom. The van der Waals surface area contributed by atoms with Gasteiger partial charge in [0.05, 0.1) is 11.5 Å². The largest absolute Gasteiger partial charge is 0.376 e. The molecule has 1 N–H and O–H groups in total. The number of nitrogens with one attached hydrogen (secondary N) is 1. The van der Waals surface area contributed by atoms with Crippen molar-refractivity contribution in [1.82, 2.24) is 9.97 Å². The Morgan fingerprint density at radius 2 is 2.37 bits per heavy atom. The third kappa shape index (κ3) is 2.72. The number of anilines is 1. The van der Waals surface area contributed by atoms with Crippen LogP contribution in [0.3, 0.4) is 0 Å². The van der Waals surface area contributed by atoms with Crippen LogP contribution < -0.4 is 5.32 Å². The van der Waals surface area contributed by atoms with Crippen molar-refractivity contribution in [3.8, 4) is 0 Å². The number of aromatic nitrogens is 2. The smallest absolute Gasteiger partial charge is 0.138 e. The topological polar surface area (TPSA) is 47.0 Å². The Balaban J connectivity index is 1.86. The Morgan fingerprint density at radius 1 is 1.47 bits per heavy atom. The molecule has 19 heavy (non-hydrogen) atoms. The highest BCUT2D eigenvalue weighted by Gasteiger charge is 2.16. The summed E-state index contributed by atoms with van der Waals surface area (Å²) in [5.74, 6) is 1.87. The summed E-state index contributed by atoms with van der Waals surface area (Å²) in [7, 11) is 0. The van der Waals surface area contributed by atoms with Gasteiger partial charge in [-0.3, -0.25) is 0 Å². The third-order valence-electron chi connectivity index (χ3n) is 3.40. The van der Waals surface area contributed by atoms with E-state index in [1.54, 1.807) is 11.3 Å². The minimum Gasteiger partial charge on any atom is -0.376 e. The predicted octanol–water partition coefficient (Wildman–Crippen LogP) is 3.15. The second kappa shape index (κ2) is 5.43. The average molecular weight is 277 g/mol. The molecular formula is C14H19N3OS. The van der Waals surface area contributed by atoms with Gasteiger partial charge >= 0.3 is 0 Å². The quantitative estimate of drug-likeness (QED) is 0.932. The Bertz CT molecular complexity index is 575. The zero-order valence-electron chi connectivity index (χ0n) is 11.4. The van der Waals surface area contributed by atoms with Crippen LogP contribution in [0.1, 0.15) is 30.5 Å². The van der Waals surface area contributed by atoms with Gasteiger partial charge in [0.1, 0.15) is 16.5 Å². The van der Waals surface area contributed by atoms with E-state index in [-0.39, 0.29) is 0 Å². The van der Waals surface area contributed by atoms with Crippen LogP contribution in [0.15, 0.2) is 6.07 Å². The van der Waals surface area contributed by atoms with Crippen molar-refractivity contribution in [2.45, 2.75) is 39.2 Å². The molecule has 4 nitrogen and oxygen atoms in total. The lowest BCUT2D eigenvalue weighted by atomic mass is 10.2. The molecule has 102 valence electrons. The van der Waals surface area contributed by atoms with Crippen LogP contribution in [0, 0.1) is 6.92 Å². The molecule has 1 saturated heterocycles. The first kappa shape index (κ1) is 12.8. The molecule has 1 atom stereocenters. The summed E-state index contributed by atoms with van der Waals surface area (Å²) in [6.07, 6.45) is 3.50. The first-order chi connectivity index (χ1) is 9.26. The van der Waals surface area contributed by atoms with Crippen LogP contribution in [-0.2, 0) is 11.2 Å². The van der Waals surface area contributed by atoms with E-state index in [0.29, 0.717) is 6.10 Å². The maximum Gasteiger partial charge on any atom is 0.138 e. The zero-order valence-corrected chi connectivity index (χ0v) is 12.2. The lowest BCUT2D eigenvalue weighted by Crippen LogP contribution is -2.19. The number of hydrogen-bond donors (Lipinski definition) is 1. The van der Waals surface area contributed by atoms with Crippen molar-refractivity contribution < 1.29 is 4.74 Å². The van der Waals surface area contributed by atoms with E-state index in [1.807, 2.05) is 0 Å². The zero-order chi connectivity index (χ0) is 13.2. The number of hydrogen-bond acceptors (Lipinski definition) is 5. The van der Waals surface area contributed by atoms with Crippen molar-refractivity contribution in [2.75, 3.05) is 18.5 Å². The molecule has 1 fully saturated rings. The molecular weight excluding hydrogens is 258 g/mol. The summed E-state index contributed by atoms with van der Waals surface area (Å²) in [6, 6.07) is 2.16. The minimum absolute atomic E-state index is 0.329. The van der Waals surface area contributed by atoms with Crippen molar-refractivity contribution in [3.05, 3.63) is 16.8 Å². The van der Waals surface area contributed by atoms with Crippen molar-refractivity contribution >= 4 is 27.4 Å². The standard InChI is InChI=1S/C14H19N3OS/c1-3-12-16-13(15-8-10-5-4-6-18-10)11-7-9(2)19-14(11)17-12/h7,10H,3-6,8H2,1-2H3,(H,15,16,17)/t10-/m0/s1. The maximum atomic E-state index is 5.65. The normalized spacial score (nSPS) is 19.2. The SMILES string of the molecule is CCc1nc(NC[C@@H]2CCCO2)c2cc(C)sc2n1. The van der Waals surface area contributed by atoms with Crippen LogP contribution in [0.2, 0.25) is 0 Å². The number of rotatable bonds is 4. The second-order valence-corrected chi connectivity index (χ2v) is 6.17. The van der Waals surface area contributed by atoms with Gasteiger partial charge in [-0.25, -0.2) is 9.97 Å².